The Kier molecular flexibility index (Phi) is 6.38. The molecule has 1 N–H and O–H groups in total. The summed E-state index contributed by atoms with van der Waals surface area (Å²) in [5.74, 6) is -0.742. The van der Waals surface area contributed by atoms with Crippen molar-refractivity contribution in [3.63, 3.8) is 0 Å². The normalized spacial score (nSPS) is 17.5. The molecule has 1 aliphatic heterocycles. The van der Waals surface area contributed by atoms with Gasteiger partial charge in [-0.2, -0.15) is 8.42 Å². The molecule has 0 saturated carbocycles. The number of nitrogens with one attached hydrogen (secondary N) is 1. The minimum absolute atomic E-state index is 0.0163. The monoisotopic (exact) mass is 465 g/mol. The molecule has 4 rings (SSSR count). The number of nitrogens with zero attached hydrogens (tertiary/aromatic N) is 2. The molecule has 1 saturated heterocycles. The molecule has 162 valence electrons. The van der Waals surface area contributed by atoms with Crippen LogP contribution in [-0.4, -0.2) is 30.6 Å². The number of thioether (sulfide) groups is 1. The summed E-state index contributed by atoms with van der Waals surface area (Å²) in [6, 6.07) is 25.4. The van der Waals surface area contributed by atoms with Crippen molar-refractivity contribution in [2.45, 2.75) is 16.6 Å². The average Bonchev–Trinajstić information content (AvgIpc) is 3.09. The molecule has 1 aliphatic rings. The maximum Gasteiger partial charge on any atom is 0.284 e. The number of para-hydroxylation sites is 2. The quantitative estimate of drug-likeness (QED) is 0.596. The van der Waals surface area contributed by atoms with Gasteiger partial charge in [-0.3, -0.25) is 14.5 Å². The molecule has 0 spiro atoms. The Morgan fingerprint density at radius 1 is 0.906 bits per heavy atom. The van der Waals surface area contributed by atoms with Crippen LogP contribution in [0.2, 0.25) is 0 Å². The Labute approximate surface area is 190 Å². The lowest BCUT2D eigenvalue weighted by Crippen LogP contribution is -2.33. The second-order valence-corrected chi connectivity index (χ2v) is 9.67. The number of carbonyl (C=O) groups is 2. The molecule has 1 fully saturated rings. The highest BCUT2D eigenvalue weighted by atomic mass is 32.2. The smallest absolute Gasteiger partial charge is 0.284 e. The molecule has 0 bridgehead atoms. The van der Waals surface area contributed by atoms with Gasteiger partial charge in [-0.25, -0.2) is 0 Å². The van der Waals surface area contributed by atoms with Gasteiger partial charge in [0.2, 0.25) is 11.8 Å². The zero-order chi connectivity index (χ0) is 22.6. The average molecular weight is 466 g/mol. The highest BCUT2D eigenvalue weighted by Gasteiger charge is 2.41. The number of hydrogen-bond donors (Lipinski definition) is 1. The number of amides is 2. The third kappa shape index (κ3) is 4.90. The molecule has 3 aromatic carbocycles. The van der Waals surface area contributed by atoms with Gasteiger partial charge in [0.05, 0.1) is 10.6 Å². The van der Waals surface area contributed by atoms with Gasteiger partial charge < -0.3 is 5.32 Å². The number of rotatable bonds is 6. The van der Waals surface area contributed by atoms with Gasteiger partial charge in [0.25, 0.3) is 10.0 Å². The molecular weight excluding hydrogens is 446 g/mol. The Bertz CT molecular complexity index is 1250. The second kappa shape index (κ2) is 9.37. The summed E-state index contributed by atoms with van der Waals surface area (Å²) < 4.78 is 29.6. The number of sulfonamides is 1. The summed E-state index contributed by atoms with van der Waals surface area (Å²) in [4.78, 5) is 27.0. The Hall–Kier alpha value is -3.43. The highest BCUT2D eigenvalue weighted by molar-refractivity contribution is 8.16. The fourth-order valence-electron chi connectivity index (χ4n) is 3.12. The minimum Gasteiger partial charge on any atom is -0.326 e. The zero-order valence-electron chi connectivity index (χ0n) is 16.8. The van der Waals surface area contributed by atoms with Gasteiger partial charge in [-0.05, 0) is 36.4 Å². The third-order valence-corrected chi connectivity index (χ3v) is 7.15. The van der Waals surface area contributed by atoms with E-state index in [2.05, 4.69) is 9.71 Å². The van der Waals surface area contributed by atoms with Crippen molar-refractivity contribution in [1.29, 1.82) is 0 Å². The van der Waals surface area contributed by atoms with Gasteiger partial charge >= 0.3 is 0 Å². The van der Waals surface area contributed by atoms with Crippen molar-refractivity contribution in [3.8, 4) is 0 Å². The van der Waals surface area contributed by atoms with Crippen LogP contribution >= 0.6 is 11.8 Å². The maximum atomic E-state index is 13.2. The molecule has 9 heteroatoms. The van der Waals surface area contributed by atoms with Crippen LogP contribution in [0.4, 0.5) is 11.4 Å². The molecule has 32 heavy (non-hydrogen) atoms. The second-order valence-electron chi connectivity index (χ2n) is 6.90. The van der Waals surface area contributed by atoms with E-state index in [1.165, 1.54) is 17.0 Å². The van der Waals surface area contributed by atoms with Gasteiger partial charge in [0, 0.05) is 12.1 Å². The van der Waals surface area contributed by atoms with Crippen LogP contribution in [0.5, 0.6) is 0 Å². The van der Waals surface area contributed by atoms with Crippen molar-refractivity contribution in [2.24, 2.45) is 4.40 Å². The number of hydrogen-bond acceptors (Lipinski definition) is 5. The zero-order valence-corrected chi connectivity index (χ0v) is 18.4. The maximum absolute atomic E-state index is 13.2. The summed E-state index contributed by atoms with van der Waals surface area (Å²) in [6.07, 6.45) is -0.119. The first-order valence-electron chi connectivity index (χ1n) is 9.75. The minimum atomic E-state index is -4.04. The molecular formula is C23H19N3O4S2. The Morgan fingerprint density at radius 2 is 1.47 bits per heavy atom. The first-order chi connectivity index (χ1) is 15.4. The van der Waals surface area contributed by atoms with E-state index in [1.807, 2.05) is 6.07 Å². The van der Waals surface area contributed by atoms with E-state index in [1.54, 1.807) is 72.8 Å². The lowest BCUT2D eigenvalue weighted by molar-refractivity contribution is -0.121. The molecule has 3 aromatic rings. The summed E-state index contributed by atoms with van der Waals surface area (Å²) in [6.45, 7) is 0. The Balaban J connectivity index is 1.63. The molecule has 1 unspecified atom stereocenters. The van der Waals surface area contributed by atoms with Crippen LogP contribution in [0.25, 0.3) is 0 Å². The van der Waals surface area contributed by atoms with E-state index in [-0.39, 0.29) is 22.4 Å². The van der Waals surface area contributed by atoms with E-state index in [0.29, 0.717) is 11.4 Å². The fourth-order valence-corrected chi connectivity index (χ4v) is 5.48. The lowest BCUT2D eigenvalue weighted by atomic mass is 10.2. The molecule has 7 nitrogen and oxygen atoms in total. The molecule has 2 amide bonds. The van der Waals surface area contributed by atoms with Crippen LogP contribution in [-0.2, 0) is 19.6 Å². The predicted molar refractivity (Wildman–Crippen MR) is 126 cm³/mol. The number of anilines is 2. The van der Waals surface area contributed by atoms with Crippen LogP contribution in [0.15, 0.2) is 100 Å². The van der Waals surface area contributed by atoms with Gasteiger partial charge in [0.1, 0.15) is 5.25 Å². The number of carbonyl (C=O) groups excluding carboxylic acids is 2. The molecule has 0 aromatic heterocycles. The van der Waals surface area contributed by atoms with E-state index >= 15 is 0 Å². The van der Waals surface area contributed by atoms with Gasteiger partial charge in [-0.1, -0.05) is 66.4 Å². The summed E-state index contributed by atoms with van der Waals surface area (Å²) in [5, 5.41) is 1.97. The van der Waals surface area contributed by atoms with Crippen LogP contribution in [0, 0.1) is 0 Å². The van der Waals surface area contributed by atoms with Crippen LogP contribution < -0.4 is 10.2 Å². The SMILES string of the molecule is O=C(CC1S/C(=N\S(=O)(=O)c2ccccc2)N(c2ccccc2)C1=O)Nc1ccccc1. The van der Waals surface area contributed by atoms with Gasteiger partial charge in [-0.15, -0.1) is 4.40 Å². The number of amidine groups is 1. The van der Waals surface area contributed by atoms with E-state index in [0.717, 1.165) is 11.8 Å². The molecule has 1 atom stereocenters. The fraction of sp³-hybridized carbons (Fsp3) is 0.0870. The topological polar surface area (TPSA) is 95.9 Å². The highest BCUT2D eigenvalue weighted by Crippen LogP contribution is 2.35. The van der Waals surface area contributed by atoms with Crippen molar-refractivity contribution in [1.82, 2.24) is 0 Å². The van der Waals surface area contributed by atoms with Crippen molar-refractivity contribution < 1.29 is 18.0 Å². The van der Waals surface area contributed by atoms with Gasteiger partial charge in [0.15, 0.2) is 5.17 Å². The first-order valence-corrected chi connectivity index (χ1v) is 12.1. The van der Waals surface area contributed by atoms with Crippen LogP contribution in [0.1, 0.15) is 6.42 Å². The van der Waals surface area contributed by atoms with Crippen molar-refractivity contribution in [2.75, 3.05) is 10.2 Å². The molecule has 1 heterocycles. The molecule has 0 aliphatic carbocycles. The van der Waals surface area contributed by atoms with Crippen LogP contribution in [0.3, 0.4) is 0 Å². The summed E-state index contributed by atoms with van der Waals surface area (Å²) >= 11 is 0.969. The summed E-state index contributed by atoms with van der Waals surface area (Å²) in [5.41, 5.74) is 1.10. The first kappa shape index (κ1) is 21.8. The standard InChI is InChI=1S/C23H19N3O4S2/c27-21(24-17-10-4-1-5-11-17)16-20-22(28)26(18-12-6-2-7-13-18)23(31-20)25-32(29,30)19-14-8-3-9-15-19/h1-15,20H,16H2,(H,24,27)/b25-23-. The van der Waals surface area contributed by atoms with Crippen molar-refractivity contribution in [3.05, 3.63) is 91.0 Å². The van der Waals surface area contributed by atoms with E-state index in [4.69, 9.17) is 0 Å². The van der Waals surface area contributed by atoms with Crippen molar-refractivity contribution >= 4 is 50.1 Å². The van der Waals surface area contributed by atoms with E-state index in [9.17, 15) is 18.0 Å². The number of benzene rings is 3. The molecule has 0 radical (unpaired) electrons. The van der Waals surface area contributed by atoms with E-state index < -0.39 is 21.2 Å². The summed E-state index contributed by atoms with van der Waals surface area (Å²) in [7, 11) is -4.04. The lowest BCUT2D eigenvalue weighted by Gasteiger charge is -2.16. The Morgan fingerprint density at radius 3 is 2.09 bits per heavy atom. The third-order valence-electron chi connectivity index (χ3n) is 4.62. The largest absolute Gasteiger partial charge is 0.326 e. The predicted octanol–water partition coefficient (Wildman–Crippen LogP) is 3.91.